The topological polar surface area (TPSA) is 6.48 Å². The summed E-state index contributed by atoms with van der Waals surface area (Å²) in [6.07, 6.45) is 5.71. The summed E-state index contributed by atoms with van der Waals surface area (Å²) < 4.78 is 2.15. The number of hydrogen-bond donors (Lipinski definition) is 0. The average Bonchev–Trinajstić information content (AvgIpc) is 3.38. The molecule has 6 aromatic rings. The van der Waals surface area contributed by atoms with E-state index in [0.717, 1.165) is 32.4 Å². The van der Waals surface area contributed by atoms with E-state index in [1.54, 1.807) is 0 Å². The van der Waals surface area contributed by atoms with Crippen molar-refractivity contribution in [3.8, 4) is 0 Å². The van der Waals surface area contributed by atoms with Gasteiger partial charge in [0.2, 0.25) is 0 Å². The van der Waals surface area contributed by atoms with Crippen LogP contribution in [0.4, 0.5) is 28.4 Å². The normalized spacial score (nSPS) is 17.7. The van der Waals surface area contributed by atoms with Crippen molar-refractivity contribution < 1.29 is 0 Å². The lowest BCUT2D eigenvalue weighted by Gasteiger charge is -2.39. The van der Waals surface area contributed by atoms with Gasteiger partial charge < -0.3 is 9.80 Å². The van der Waals surface area contributed by atoms with Gasteiger partial charge in [-0.3, -0.25) is 0 Å². The Morgan fingerprint density at radius 2 is 1.14 bits per heavy atom. The predicted molar refractivity (Wildman–Crippen MR) is 218 cm³/mol. The van der Waals surface area contributed by atoms with Crippen molar-refractivity contribution in [2.45, 2.75) is 38.6 Å². The van der Waals surface area contributed by atoms with Crippen molar-refractivity contribution in [1.82, 2.24) is 0 Å². The first-order chi connectivity index (χ1) is 24.3. The molecule has 50 heavy (non-hydrogen) atoms. The molecule has 0 aromatic heterocycles. The lowest BCUT2D eigenvalue weighted by atomic mass is 9.69. The fourth-order valence-electron chi connectivity index (χ4n) is 8.10. The van der Waals surface area contributed by atoms with Crippen LogP contribution in [0.15, 0.2) is 172 Å². The zero-order valence-electron chi connectivity index (χ0n) is 28.4. The Balaban J connectivity index is 1.29. The summed E-state index contributed by atoms with van der Waals surface area (Å²) in [6.45, 7) is 6.93. The van der Waals surface area contributed by atoms with E-state index in [4.69, 9.17) is 0 Å². The Morgan fingerprint density at radius 1 is 0.580 bits per heavy atom. The molecule has 6 aromatic carbocycles. The molecule has 0 fully saturated rings. The van der Waals surface area contributed by atoms with Crippen molar-refractivity contribution in [2.24, 2.45) is 0 Å². The van der Waals surface area contributed by atoms with Crippen LogP contribution in [0.5, 0.6) is 0 Å². The Bertz CT molecular complexity index is 2240. The zero-order chi connectivity index (χ0) is 34.4. The van der Waals surface area contributed by atoms with Gasteiger partial charge in [-0.05, 0) is 146 Å². The van der Waals surface area contributed by atoms with Gasteiger partial charge in [-0.1, -0.05) is 110 Å². The quantitative estimate of drug-likeness (QED) is 0.159. The molecule has 0 saturated carbocycles. The predicted octanol–water partition coefficient (Wildman–Crippen LogP) is 13.5. The Kier molecular flexibility index (Phi) is 8.62. The highest BCUT2D eigenvalue weighted by atomic mass is 79.9. The molecular formula is C46H38Br2N2. The molecule has 2 aliphatic carbocycles. The molecule has 2 nitrogen and oxygen atoms in total. The smallest absolute Gasteiger partial charge is 0.0563 e. The van der Waals surface area contributed by atoms with Crippen LogP contribution in [-0.2, 0) is 5.41 Å². The summed E-state index contributed by atoms with van der Waals surface area (Å²) >= 11 is 7.30. The molecule has 0 radical (unpaired) electrons. The second kappa shape index (κ2) is 13.2. The monoisotopic (exact) mass is 776 g/mol. The molecule has 0 aliphatic heterocycles. The molecule has 0 amide bonds. The number of para-hydroxylation sites is 2. The maximum absolute atomic E-state index is 3.66. The molecule has 0 heterocycles. The molecular weight excluding hydrogens is 740 g/mol. The van der Waals surface area contributed by atoms with E-state index in [1.807, 2.05) is 0 Å². The standard InChI is InChI=1S/C46H38Br2N2/c1-31-14-27-43(32(2)28-31)46(3)44-29-39(49(35-10-6-4-7-11-35)37-19-15-33(47)16-20-37)23-25-41(44)42-26-24-40(30-45(42)46)50(36-12-8-5-9-13-36)38-21-17-34(48)18-22-38/h4-29,40H,30H2,1-3H3. The third-order valence-corrected chi connectivity index (χ3v) is 11.5. The number of rotatable bonds is 7. The molecule has 246 valence electrons. The lowest BCUT2D eigenvalue weighted by Crippen LogP contribution is -2.35. The molecule has 2 aliphatic rings. The van der Waals surface area contributed by atoms with Gasteiger partial charge in [0.1, 0.15) is 0 Å². The van der Waals surface area contributed by atoms with Crippen LogP contribution in [-0.4, -0.2) is 6.04 Å². The third-order valence-electron chi connectivity index (χ3n) is 10.4. The molecule has 0 bridgehead atoms. The average molecular weight is 779 g/mol. The van der Waals surface area contributed by atoms with E-state index in [2.05, 4.69) is 220 Å². The number of halogens is 2. The van der Waals surface area contributed by atoms with Gasteiger partial charge >= 0.3 is 0 Å². The number of hydrogen-bond acceptors (Lipinski definition) is 2. The summed E-state index contributed by atoms with van der Waals surface area (Å²) in [7, 11) is 0. The highest BCUT2D eigenvalue weighted by Crippen LogP contribution is 2.56. The maximum Gasteiger partial charge on any atom is 0.0563 e. The second-order valence-electron chi connectivity index (χ2n) is 13.5. The van der Waals surface area contributed by atoms with Gasteiger partial charge in [0.15, 0.2) is 0 Å². The Morgan fingerprint density at radius 3 is 1.78 bits per heavy atom. The van der Waals surface area contributed by atoms with E-state index in [-0.39, 0.29) is 11.5 Å². The zero-order valence-corrected chi connectivity index (χ0v) is 31.6. The number of benzene rings is 6. The van der Waals surface area contributed by atoms with Crippen LogP contribution >= 0.6 is 31.9 Å². The van der Waals surface area contributed by atoms with Crippen molar-refractivity contribution in [1.29, 1.82) is 0 Å². The maximum atomic E-state index is 3.66. The van der Waals surface area contributed by atoms with Gasteiger partial charge in [-0.25, -0.2) is 0 Å². The van der Waals surface area contributed by atoms with Crippen molar-refractivity contribution in [2.75, 3.05) is 9.80 Å². The fourth-order valence-corrected chi connectivity index (χ4v) is 8.63. The van der Waals surface area contributed by atoms with Crippen LogP contribution in [0.3, 0.4) is 0 Å². The van der Waals surface area contributed by atoms with Crippen LogP contribution in [0.1, 0.15) is 41.2 Å². The number of anilines is 5. The number of aryl methyl sites for hydroxylation is 2. The molecule has 2 atom stereocenters. The van der Waals surface area contributed by atoms with Crippen LogP contribution in [0.2, 0.25) is 0 Å². The number of nitrogens with zero attached hydrogens (tertiary/aromatic N) is 2. The second-order valence-corrected chi connectivity index (χ2v) is 15.4. The molecule has 8 rings (SSSR count). The third kappa shape index (κ3) is 5.75. The largest absolute Gasteiger partial charge is 0.334 e. The van der Waals surface area contributed by atoms with E-state index >= 15 is 0 Å². The SMILES string of the molecule is Cc1ccc(C2(C)C3=C(C=CC(N(c4ccccc4)c4ccc(Br)cc4)C3)c3ccc(N(c4ccccc4)c4ccc(Br)cc4)cc32)c(C)c1. The van der Waals surface area contributed by atoms with Crippen molar-refractivity contribution in [3.63, 3.8) is 0 Å². The van der Waals surface area contributed by atoms with Crippen LogP contribution in [0.25, 0.3) is 5.57 Å². The van der Waals surface area contributed by atoms with Gasteiger partial charge in [0.25, 0.3) is 0 Å². The van der Waals surface area contributed by atoms with Gasteiger partial charge in [0.05, 0.1) is 6.04 Å². The minimum absolute atomic E-state index is 0.139. The van der Waals surface area contributed by atoms with Crippen molar-refractivity contribution in [3.05, 3.63) is 200 Å². The molecule has 0 N–H and O–H groups in total. The first kappa shape index (κ1) is 32.6. The minimum atomic E-state index is -0.328. The fraction of sp³-hybridized carbons (Fsp3) is 0.130. The van der Waals surface area contributed by atoms with Crippen LogP contribution < -0.4 is 9.80 Å². The Hall–Kier alpha value is -4.64. The molecule has 4 heteroatoms. The molecule has 0 saturated heterocycles. The van der Waals surface area contributed by atoms with Gasteiger partial charge in [0, 0.05) is 42.8 Å². The van der Waals surface area contributed by atoms with E-state index < -0.39 is 0 Å². The van der Waals surface area contributed by atoms with E-state index in [1.165, 1.54) is 50.3 Å². The highest BCUT2D eigenvalue weighted by Gasteiger charge is 2.45. The Labute approximate surface area is 312 Å². The first-order valence-corrected chi connectivity index (χ1v) is 18.7. The summed E-state index contributed by atoms with van der Waals surface area (Å²) in [4.78, 5) is 4.87. The van der Waals surface area contributed by atoms with Gasteiger partial charge in [-0.2, -0.15) is 0 Å². The molecule has 2 unspecified atom stereocenters. The van der Waals surface area contributed by atoms with E-state index in [0.29, 0.717) is 0 Å². The summed E-state index contributed by atoms with van der Waals surface area (Å²) in [5, 5.41) is 0. The number of allylic oxidation sites excluding steroid dienone is 2. The summed E-state index contributed by atoms with van der Waals surface area (Å²) in [5.41, 5.74) is 14.9. The number of fused-ring (bicyclic) bond motifs is 2. The highest BCUT2D eigenvalue weighted by molar-refractivity contribution is 9.10. The summed E-state index contributed by atoms with van der Waals surface area (Å²) in [5.74, 6) is 0. The van der Waals surface area contributed by atoms with Crippen LogP contribution in [0, 0.1) is 13.8 Å². The summed E-state index contributed by atoms with van der Waals surface area (Å²) in [6, 6.07) is 53.1. The van der Waals surface area contributed by atoms with Gasteiger partial charge in [-0.15, -0.1) is 0 Å². The van der Waals surface area contributed by atoms with E-state index in [9.17, 15) is 0 Å². The minimum Gasteiger partial charge on any atom is -0.334 e. The molecule has 0 spiro atoms. The first-order valence-electron chi connectivity index (χ1n) is 17.2. The lowest BCUT2D eigenvalue weighted by molar-refractivity contribution is 0.617. The van der Waals surface area contributed by atoms with Crippen molar-refractivity contribution >= 4 is 65.9 Å².